The largest absolute Gasteiger partial charge is 0.0622 e. The molecule has 138 valence electrons. The van der Waals surface area contributed by atoms with Crippen molar-refractivity contribution in [1.82, 2.24) is 0 Å². The zero-order valence-electron chi connectivity index (χ0n) is 15.8. The van der Waals surface area contributed by atoms with Crippen LogP contribution in [0.2, 0.25) is 0 Å². The third-order valence-electron chi connectivity index (χ3n) is 5.33. The molecule has 0 nitrogen and oxygen atoms in total. The minimum Gasteiger partial charge on any atom is -0.0622 e. The van der Waals surface area contributed by atoms with E-state index in [9.17, 15) is 0 Å². The number of rotatable bonds is 3. The monoisotopic (exact) mass is 434 g/mol. The van der Waals surface area contributed by atoms with Gasteiger partial charge < -0.3 is 0 Å². The van der Waals surface area contributed by atoms with E-state index in [4.69, 9.17) is 0 Å². The lowest BCUT2D eigenvalue weighted by atomic mass is 9.91. The fourth-order valence-corrected chi connectivity index (χ4v) is 4.60. The second-order valence-electron chi connectivity index (χ2n) is 7.15. The highest BCUT2D eigenvalue weighted by atomic mass is 79.9. The van der Waals surface area contributed by atoms with Gasteiger partial charge in [-0.05, 0) is 59.7 Å². The Morgan fingerprint density at radius 1 is 0.448 bits per heavy atom. The van der Waals surface area contributed by atoms with Crippen LogP contribution < -0.4 is 0 Å². The van der Waals surface area contributed by atoms with Gasteiger partial charge >= 0.3 is 0 Å². The Hall–Kier alpha value is -3.16. The van der Waals surface area contributed by atoms with Gasteiger partial charge in [-0.1, -0.05) is 115 Å². The summed E-state index contributed by atoms with van der Waals surface area (Å²) in [5, 5.41) is 5.03. The first-order valence-electron chi connectivity index (χ1n) is 9.74. The Morgan fingerprint density at radius 3 is 1.45 bits per heavy atom. The minimum absolute atomic E-state index is 1.16. The molecule has 1 heteroatoms. The number of hydrogen-bond donors (Lipinski definition) is 0. The number of hydrogen-bond acceptors (Lipinski definition) is 0. The predicted molar refractivity (Wildman–Crippen MR) is 130 cm³/mol. The molecule has 0 spiro atoms. The molecule has 0 aliphatic heterocycles. The summed E-state index contributed by atoms with van der Waals surface area (Å²) in [6, 6.07) is 36.5. The zero-order valence-corrected chi connectivity index (χ0v) is 17.4. The minimum atomic E-state index is 1.16. The lowest BCUT2D eigenvalue weighted by Crippen LogP contribution is -1.87. The van der Waals surface area contributed by atoms with Crippen LogP contribution in [0.3, 0.4) is 0 Å². The molecule has 0 N–H and O–H groups in total. The van der Waals surface area contributed by atoms with Crippen molar-refractivity contribution in [3.63, 3.8) is 0 Å². The van der Waals surface area contributed by atoms with Crippen LogP contribution in [0.15, 0.2) is 108 Å². The molecule has 0 saturated carbocycles. The van der Waals surface area contributed by atoms with Crippen molar-refractivity contribution in [2.45, 2.75) is 0 Å². The molecule has 0 fully saturated rings. The van der Waals surface area contributed by atoms with Gasteiger partial charge in [0.2, 0.25) is 0 Å². The fourth-order valence-electron chi connectivity index (χ4n) is 3.90. The second-order valence-corrected chi connectivity index (χ2v) is 7.94. The normalized spacial score (nSPS) is 11.5. The Labute approximate surface area is 179 Å². The molecule has 0 unspecified atom stereocenters. The molecule has 0 aliphatic carbocycles. The van der Waals surface area contributed by atoms with Crippen molar-refractivity contribution >= 4 is 49.6 Å². The van der Waals surface area contributed by atoms with Crippen LogP contribution in [-0.2, 0) is 0 Å². The molecule has 0 amide bonds. The van der Waals surface area contributed by atoms with Gasteiger partial charge in [-0.2, -0.15) is 0 Å². The standard InChI is InChI=1S/C28H19Br/c29-28-25-12-6-4-10-23(25)27(24-11-5-7-13-26(24)28)22-18-16-21(17-19-22)15-14-20-8-2-1-3-9-20/h1-19H. The van der Waals surface area contributed by atoms with E-state index in [2.05, 4.69) is 125 Å². The maximum absolute atomic E-state index is 3.83. The SMILES string of the molecule is Brc1c2ccccc2c(-c2ccc(C=Cc3ccccc3)cc2)c2ccccc12. The van der Waals surface area contributed by atoms with E-state index in [0.29, 0.717) is 0 Å². The van der Waals surface area contributed by atoms with E-state index in [0.717, 1.165) is 4.47 Å². The molecule has 29 heavy (non-hydrogen) atoms. The van der Waals surface area contributed by atoms with E-state index in [1.165, 1.54) is 43.8 Å². The third-order valence-corrected chi connectivity index (χ3v) is 6.19. The number of benzene rings is 5. The maximum atomic E-state index is 3.83. The van der Waals surface area contributed by atoms with E-state index >= 15 is 0 Å². The molecule has 0 saturated heterocycles. The Balaban J connectivity index is 1.64. The van der Waals surface area contributed by atoms with E-state index in [-0.39, 0.29) is 0 Å². The van der Waals surface area contributed by atoms with Crippen LogP contribution in [-0.4, -0.2) is 0 Å². The summed E-state index contributed by atoms with van der Waals surface area (Å²) in [5.41, 5.74) is 4.93. The van der Waals surface area contributed by atoms with Gasteiger partial charge in [-0.3, -0.25) is 0 Å². The number of fused-ring (bicyclic) bond motifs is 2. The predicted octanol–water partition coefficient (Wildman–Crippen LogP) is 8.59. The molecule has 5 aromatic carbocycles. The molecule has 0 heterocycles. The maximum Gasteiger partial charge on any atom is 0.0332 e. The van der Waals surface area contributed by atoms with Gasteiger partial charge in [0.25, 0.3) is 0 Å². The summed E-state index contributed by atoms with van der Waals surface area (Å²) >= 11 is 3.83. The van der Waals surface area contributed by atoms with Gasteiger partial charge in [-0.25, -0.2) is 0 Å². The second kappa shape index (κ2) is 7.69. The first kappa shape index (κ1) is 17.9. The highest BCUT2D eigenvalue weighted by Gasteiger charge is 2.13. The summed E-state index contributed by atoms with van der Waals surface area (Å²) in [4.78, 5) is 0. The Bertz CT molecular complexity index is 1270. The van der Waals surface area contributed by atoms with Crippen molar-refractivity contribution in [1.29, 1.82) is 0 Å². The first-order valence-corrected chi connectivity index (χ1v) is 10.5. The van der Waals surface area contributed by atoms with Gasteiger partial charge in [-0.15, -0.1) is 0 Å². The molecular formula is C28H19Br. The van der Waals surface area contributed by atoms with Crippen LogP contribution in [0.5, 0.6) is 0 Å². The van der Waals surface area contributed by atoms with Crippen molar-refractivity contribution in [3.8, 4) is 11.1 Å². The number of halogens is 1. The van der Waals surface area contributed by atoms with Gasteiger partial charge in [0, 0.05) is 4.47 Å². The molecule has 0 aliphatic rings. The van der Waals surface area contributed by atoms with Crippen molar-refractivity contribution in [2.24, 2.45) is 0 Å². The van der Waals surface area contributed by atoms with E-state index in [1.807, 2.05) is 6.07 Å². The Morgan fingerprint density at radius 2 is 0.897 bits per heavy atom. The quantitative estimate of drug-likeness (QED) is 0.197. The lowest BCUT2D eigenvalue weighted by molar-refractivity contribution is 1.63. The summed E-state index contributed by atoms with van der Waals surface area (Å²) in [6.07, 6.45) is 4.32. The molecule has 5 rings (SSSR count). The van der Waals surface area contributed by atoms with Gasteiger partial charge in [0.05, 0.1) is 0 Å². The van der Waals surface area contributed by atoms with E-state index in [1.54, 1.807) is 0 Å². The summed E-state index contributed by atoms with van der Waals surface area (Å²) < 4.78 is 1.16. The molecule has 0 bridgehead atoms. The average Bonchev–Trinajstić information content (AvgIpc) is 2.79. The smallest absolute Gasteiger partial charge is 0.0332 e. The zero-order chi connectivity index (χ0) is 19.6. The Kier molecular flexibility index (Phi) is 4.75. The van der Waals surface area contributed by atoms with Crippen LogP contribution >= 0.6 is 15.9 Å². The average molecular weight is 435 g/mol. The van der Waals surface area contributed by atoms with Crippen molar-refractivity contribution in [2.75, 3.05) is 0 Å². The third kappa shape index (κ3) is 3.39. The van der Waals surface area contributed by atoms with Gasteiger partial charge in [0.1, 0.15) is 0 Å². The van der Waals surface area contributed by atoms with E-state index < -0.39 is 0 Å². The molecule has 0 atom stereocenters. The van der Waals surface area contributed by atoms with Crippen LogP contribution in [0.25, 0.3) is 44.8 Å². The van der Waals surface area contributed by atoms with Crippen LogP contribution in [0, 0.1) is 0 Å². The summed E-state index contributed by atoms with van der Waals surface area (Å²) in [6.45, 7) is 0. The van der Waals surface area contributed by atoms with Gasteiger partial charge in [0.15, 0.2) is 0 Å². The van der Waals surface area contributed by atoms with Crippen molar-refractivity contribution < 1.29 is 0 Å². The molecule has 5 aromatic rings. The van der Waals surface area contributed by atoms with Crippen molar-refractivity contribution in [3.05, 3.63) is 119 Å². The fraction of sp³-hybridized carbons (Fsp3) is 0. The molecular weight excluding hydrogens is 416 g/mol. The molecule has 0 aromatic heterocycles. The lowest BCUT2D eigenvalue weighted by Gasteiger charge is -2.14. The highest BCUT2D eigenvalue weighted by Crippen LogP contribution is 2.41. The van der Waals surface area contributed by atoms with Crippen LogP contribution in [0.4, 0.5) is 0 Å². The van der Waals surface area contributed by atoms with Crippen LogP contribution in [0.1, 0.15) is 11.1 Å². The topological polar surface area (TPSA) is 0 Å². The summed E-state index contributed by atoms with van der Waals surface area (Å²) in [7, 11) is 0. The summed E-state index contributed by atoms with van der Waals surface area (Å²) in [5.74, 6) is 0. The molecule has 0 radical (unpaired) electrons. The highest BCUT2D eigenvalue weighted by molar-refractivity contribution is 9.10. The first-order chi connectivity index (χ1) is 14.3.